The van der Waals surface area contributed by atoms with Gasteiger partial charge in [-0.3, -0.25) is 14.4 Å². The lowest BCUT2D eigenvalue weighted by Gasteiger charge is -2.16. The Hall–Kier alpha value is -3.78. The summed E-state index contributed by atoms with van der Waals surface area (Å²) in [5.41, 5.74) is 3.17. The molecule has 31 heavy (non-hydrogen) atoms. The Morgan fingerprint density at radius 1 is 1.13 bits per heavy atom. The van der Waals surface area contributed by atoms with Crippen LogP contribution in [0.2, 0.25) is 5.02 Å². The third-order valence-corrected chi connectivity index (χ3v) is 5.37. The minimum atomic E-state index is -0.105. The van der Waals surface area contributed by atoms with Crippen LogP contribution in [0.25, 0.3) is 11.3 Å². The first-order chi connectivity index (χ1) is 15.1. The van der Waals surface area contributed by atoms with Crippen LogP contribution >= 0.6 is 11.6 Å². The number of halogens is 1. The maximum Gasteiger partial charge on any atom is 0.259 e. The Kier molecular flexibility index (Phi) is 4.83. The van der Waals surface area contributed by atoms with E-state index >= 15 is 0 Å². The highest BCUT2D eigenvalue weighted by Gasteiger charge is 2.27. The van der Waals surface area contributed by atoms with Crippen LogP contribution in [0.4, 0.5) is 17.6 Å². The van der Waals surface area contributed by atoms with Crippen LogP contribution in [-0.2, 0) is 13.5 Å². The molecule has 9 heteroatoms. The fourth-order valence-electron chi connectivity index (χ4n) is 3.57. The van der Waals surface area contributed by atoms with Gasteiger partial charge >= 0.3 is 0 Å². The van der Waals surface area contributed by atoms with Gasteiger partial charge in [0.25, 0.3) is 5.91 Å². The predicted molar refractivity (Wildman–Crippen MR) is 119 cm³/mol. The smallest absolute Gasteiger partial charge is 0.259 e. The van der Waals surface area contributed by atoms with Crippen molar-refractivity contribution in [3.05, 3.63) is 77.2 Å². The predicted octanol–water partition coefficient (Wildman–Crippen LogP) is 3.87. The second kappa shape index (κ2) is 7.81. The zero-order chi connectivity index (χ0) is 21.4. The molecule has 1 amide bonds. The number of anilines is 3. The second-order valence-corrected chi connectivity index (χ2v) is 7.59. The summed E-state index contributed by atoms with van der Waals surface area (Å²) < 4.78 is 1.71. The van der Waals surface area contributed by atoms with Gasteiger partial charge in [0.15, 0.2) is 0 Å². The number of amides is 1. The van der Waals surface area contributed by atoms with Crippen molar-refractivity contribution in [2.24, 2.45) is 7.05 Å². The van der Waals surface area contributed by atoms with Crippen molar-refractivity contribution in [1.82, 2.24) is 24.7 Å². The summed E-state index contributed by atoms with van der Waals surface area (Å²) in [6.45, 7) is 0.578. The van der Waals surface area contributed by atoms with Gasteiger partial charge in [0.2, 0.25) is 5.95 Å². The van der Waals surface area contributed by atoms with Crippen LogP contribution in [0.3, 0.4) is 0 Å². The molecule has 0 spiro atoms. The zero-order valence-corrected chi connectivity index (χ0v) is 17.4. The van der Waals surface area contributed by atoms with Crippen LogP contribution in [0.15, 0.2) is 61.1 Å². The molecule has 0 fully saturated rings. The molecule has 0 radical (unpaired) electrons. The molecular formula is C22H18ClN7O. The molecule has 4 heterocycles. The summed E-state index contributed by atoms with van der Waals surface area (Å²) >= 11 is 6.04. The summed E-state index contributed by atoms with van der Waals surface area (Å²) in [6.07, 6.45) is 5.86. The number of nitrogens with zero attached hydrogens (tertiary/aromatic N) is 6. The standard InChI is InChI=1S/C22H18ClN7O/c1-29-19(6-9-26-29)28-22-24-8-5-18(27-22)16-11-14-7-10-30(20(14)25-13-16)21(31)15-3-2-4-17(23)12-15/h2-6,8-9,11-13H,7,10H2,1H3,(H,24,27,28). The molecule has 3 aromatic heterocycles. The molecule has 1 N–H and O–H groups in total. The molecule has 1 aliphatic rings. The molecule has 154 valence electrons. The van der Waals surface area contributed by atoms with Crippen molar-refractivity contribution in [3.8, 4) is 11.3 Å². The van der Waals surface area contributed by atoms with Crippen molar-refractivity contribution >= 4 is 35.1 Å². The lowest BCUT2D eigenvalue weighted by molar-refractivity contribution is 0.0988. The van der Waals surface area contributed by atoms with E-state index in [-0.39, 0.29) is 5.91 Å². The van der Waals surface area contributed by atoms with Crippen LogP contribution in [0.5, 0.6) is 0 Å². The fraction of sp³-hybridized carbons (Fsp3) is 0.136. The highest BCUT2D eigenvalue weighted by molar-refractivity contribution is 6.31. The summed E-state index contributed by atoms with van der Waals surface area (Å²) in [5, 5.41) is 7.82. The number of fused-ring (bicyclic) bond motifs is 1. The number of benzene rings is 1. The fourth-order valence-corrected chi connectivity index (χ4v) is 3.76. The molecule has 5 rings (SSSR count). The van der Waals surface area contributed by atoms with Crippen molar-refractivity contribution in [2.45, 2.75) is 6.42 Å². The number of rotatable bonds is 4. The largest absolute Gasteiger partial charge is 0.309 e. The van der Waals surface area contributed by atoms with Crippen LogP contribution < -0.4 is 10.2 Å². The van der Waals surface area contributed by atoms with Crippen LogP contribution in [0.1, 0.15) is 15.9 Å². The highest BCUT2D eigenvalue weighted by atomic mass is 35.5. The maximum absolute atomic E-state index is 12.9. The minimum Gasteiger partial charge on any atom is -0.309 e. The van der Waals surface area contributed by atoms with Gasteiger partial charge in [-0.05, 0) is 42.3 Å². The summed E-state index contributed by atoms with van der Waals surface area (Å²) in [7, 11) is 1.84. The van der Waals surface area contributed by atoms with E-state index in [9.17, 15) is 4.79 Å². The van der Waals surface area contributed by atoms with Crippen molar-refractivity contribution in [1.29, 1.82) is 0 Å². The molecule has 0 bridgehead atoms. The molecule has 8 nitrogen and oxygen atoms in total. The lowest BCUT2D eigenvalue weighted by atomic mass is 10.1. The number of aryl methyl sites for hydroxylation is 1. The molecule has 4 aromatic rings. The number of hydrogen-bond acceptors (Lipinski definition) is 6. The second-order valence-electron chi connectivity index (χ2n) is 7.15. The number of nitrogens with one attached hydrogen (secondary N) is 1. The molecule has 0 atom stereocenters. The molecule has 0 aliphatic carbocycles. The first-order valence-corrected chi connectivity index (χ1v) is 10.1. The monoisotopic (exact) mass is 431 g/mol. The Labute approximate surface area is 183 Å². The zero-order valence-electron chi connectivity index (χ0n) is 16.7. The molecule has 0 unspecified atom stereocenters. The Bertz CT molecular complexity index is 1290. The van der Waals surface area contributed by atoms with Gasteiger partial charge < -0.3 is 5.32 Å². The first kappa shape index (κ1) is 19.2. The van der Waals surface area contributed by atoms with Gasteiger partial charge in [0.05, 0.1) is 11.9 Å². The number of carbonyl (C=O) groups excluding carboxylic acids is 1. The minimum absolute atomic E-state index is 0.105. The van der Waals surface area contributed by atoms with E-state index in [0.29, 0.717) is 28.9 Å². The number of hydrogen-bond donors (Lipinski definition) is 1. The van der Waals surface area contributed by atoms with Crippen molar-refractivity contribution in [3.63, 3.8) is 0 Å². The average molecular weight is 432 g/mol. The van der Waals surface area contributed by atoms with Crippen molar-refractivity contribution < 1.29 is 4.79 Å². The molecule has 0 saturated carbocycles. The normalized spacial score (nSPS) is 12.6. The number of aromatic nitrogens is 5. The van der Waals surface area contributed by atoms with Gasteiger partial charge in [-0.2, -0.15) is 5.10 Å². The molecule has 1 aromatic carbocycles. The molecule has 1 aliphatic heterocycles. The van der Waals surface area contributed by atoms with E-state index in [2.05, 4.69) is 25.4 Å². The molecule has 0 saturated heterocycles. The van der Waals surface area contributed by atoms with Gasteiger partial charge in [-0.1, -0.05) is 17.7 Å². The summed E-state index contributed by atoms with van der Waals surface area (Å²) in [4.78, 5) is 28.1. The van der Waals surface area contributed by atoms with Gasteiger partial charge in [-0.25, -0.2) is 15.0 Å². The number of carbonyl (C=O) groups is 1. The van der Waals surface area contributed by atoms with Gasteiger partial charge in [0.1, 0.15) is 11.6 Å². The topological polar surface area (TPSA) is 88.8 Å². The SMILES string of the molecule is Cn1nccc1Nc1nccc(-c2cnc3c(c2)CCN3C(=O)c2cccc(Cl)c2)n1. The van der Waals surface area contributed by atoms with Crippen molar-refractivity contribution in [2.75, 3.05) is 16.8 Å². The Balaban J connectivity index is 1.41. The Morgan fingerprint density at radius 3 is 2.84 bits per heavy atom. The van der Waals surface area contributed by atoms with E-state index in [1.165, 1.54) is 0 Å². The van der Waals surface area contributed by atoms with Crippen LogP contribution in [-0.4, -0.2) is 37.2 Å². The quantitative estimate of drug-likeness (QED) is 0.527. The van der Waals surface area contributed by atoms with E-state index in [1.54, 1.807) is 52.4 Å². The Morgan fingerprint density at radius 2 is 2.03 bits per heavy atom. The average Bonchev–Trinajstić information content (AvgIpc) is 3.39. The third-order valence-electron chi connectivity index (χ3n) is 5.13. The highest BCUT2D eigenvalue weighted by Crippen LogP contribution is 2.31. The maximum atomic E-state index is 12.9. The van der Waals surface area contributed by atoms with Gasteiger partial charge in [0, 0.05) is 48.2 Å². The van der Waals surface area contributed by atoms with Crippen LogP contribution in [0, 0.1) is 0 Å². The summed E-state index contributed by atoms with van der Waals surface area (Å²) in [5.74, 6) is 1.83. The van der Waals surface area contributed by atoms with E-state index in [1.807, 2.05) is 25.2 Å². The number of pyridine rings is 1. The lowest BCUT2D eigenvalue weighted by Crippen LogP contribution is -2.29. The summed E-state index contributed by atoms with van der Waals surface area (Å²) in [6, 6.07) is 12.7. The third kappa shape index (κ3) is 3.73. The van der Waals surface area contributed by atoms with E-state index < -0.39 is 0 Å². The molecular weight excluding hydrogens is 414 g/mol. The van der Waals surface area contributed by atoms with E-state index in [0.717, 1.165) is 29.1 Å². The first-order valence-electron chi connectivity index (χ1n) is 9.73. The van der Waals surface area contributed by atoms with Gasteiger partial charge in [-0.15, -0.1) is 0 Å². The van der Waals surface area contributed by atoms with E-state index in [4.69, 9.17) is 11.6 Å².